The summed E-state index contributed by atoms with van der Waals surface area (Å²) in [6.07, 6.45) is -0.628. The summed E-state index contributed by atoms with van der Waals surface area (Å²) in [4.78, 5) is 40.3. The molecule has 2 aliphatic rings. The van der Waals surface area contributed by atoms with Gasteiger partial charge in [0.2, 0.25) is 5.91 Å². The number of carbonyl (C=O) groups excluding carboxylic acids is 1. The largest absolute Gasteiger partial charge is 0.481 e. The van der Waals surface area contributed by atoms with Gasteiger partial charge in [0, 0.05) is 18.3 Å². The number of aliphatic hydroxyl groups excluding tert-OH is 1. The van der Waals surface area contributed by atoms with Gasteiger partial charge in [0.25, 0.3) is 0 Å². The lowest BCUT2D eigenvalue weighted by Gasteiger charge is -2.27. The molecule has 9 nitrogen and oxygen atoms in total. The predicted octanol–water partition coefficient (Wildman–Crippen LogP) is 1.07. The van der Waals surface area contributed by atoms with Gasteiger partial charge in [-0.15, -0.1) is 11.8 Å². The number of rotatable bonds is 9. The van der Waals surface area contributed by atoms with E-state index in [1.54, 1.807) is 6.92 Å². The first-order chi connectivity index (χ1) is 15.6. The molecule has 1 aromatic rings. The smallest absolute Gasteiger partial charge is 0.350 e. The third-order valence-corrected chi connectivity index (χ3v) is 7.99. The number of aliphatic imine (C=N–C) groups is 1. The van der Waals surface area contributed by atoms with Crippen molar-refractivity contribution in [2.45, 2.75) is 62.4 Å². The summed E-state index contributed by atoms with van der Waals surface area (Å²) in [6.45, 7) is 6.12. The summed E-state index contributed by atoms with van der Waals surface area (Å²) < 4.78 is 0. The Hall–Kier alpha value is -2.43. The first-order valence-electron chi connectivity index (χ1n) is 11.0. The first-order valence-corrected chi connectivity index (χ1v) is 12.0. The van der Waals surface area contributed by atoms with E-state index in [0.717, 1.165) is 11.1 Å². The van der Waals surface area contributed by atoms with E-state index in [-0.39, 0.29) is 28.8 Å². The van der Waals surface area contributed by atoms with E-state index in [0.29, 0.717) is 19.5 Å². The van der Waals surface area contributed by atoms with Crippen LogP contribution in [0.4, 0.5) is 0 Å². The van der Waals surface area contributed by atoms with E-state index < -0.39 is 35.3 Å². The molecule has 10 heteroatoms. The van der Waals surface area contributed by atoms with Crippen LogP contribution < -0.4 is 10.6 Å². The number of thioether (sulfide) groups is 1. The zero-order chi connectivity index (χ0) is 24.3. The number of carboxylic acid groups (broad SMARTS) is 2. The molecule has 33 heavy (non-hydrogen) atoms. The molecule has 0 saturated carbocycles. The third-order valence-electron chi connectivity index (χ3n) is 6.30. The zero-order valence-corrected chi connectivity index (χ0v) is 19.7. The highest BCUT2D eigenvalue weighted by atomic mass is 32.2. The first kappa shape index (κ1) is 25.2. The van der Waals surface area contributed by atoms with Crippen molar-refractivity contribution >= 4 is 35.3 Å². The maximum Gasteiger partial charge on any atom is 0.350 e. The Morgan fingerprint density at radius 3 is 2.48 bits per heavy atom. The van der Waals surface area contributed by atoms with Gasteiger partial charge >= 0.3 is 11.9 Å². The van der Waals surface area contributed by atoms with Crippen LogP contribution >= 0.6 is 11.8 Å². The van der Waals surface area contributed by atoms with Crippen molar-refractivity contribution in [3.05, 3.63) is 35.4 Å². The van der Waals surface area contributed by atoms with Crippen molar-refractivity contribution in [1.29, 1.82) is 0 Å². The van der Waals surface area contributed by atoms with E-state index in [9.17, 15) is 29.7 Å². The van der Waals surface area contributed by atoms with Crippen LogP contribution in [0.25, 0.3) is 0 Å². The minimum atomic E-state index is -1.20. The lowest BCUT2D eigenvalue weighted by molar-refractivity contribution is -0.146. The lowest BCUT2D eigenvalue weighted by Crippen LogP contribution is -2.40. The van der Waals surface area contributed by atoms with Crippen molar-refractivity contribution in [2.24, 2.45) is 16.8 Å². The molecule has 7 atom stereocenters. The number of hydrogen-bond donors (Lipinski definition) is 5. The van der Waals surface area contributed by atoms with Gasteiger partial charge in [0.15, 0.2) is 0 Å². The quantitative estimate of drug-likeness (QED) is 0.355. The van der Waals surface area contributed by atoms with E-state index in [1.807, 2.05) is 31.2 Å². The number of aliphatic carboxylic acids is 2. The second-order valence-corrected chi connectivity index (χ2v) is 10.3. The molecule has 2 heterocycles. The van der Waals surface area contributed by atoms with Crippen molar-refractivity contribution in [2.75, 3.05) is 6.54 Å². The predicted molar refractivity (Wildman–Crippen MR) is 125 cm³/mol. The number of aliphatic hydroxyl groups is 1. The van der Waals surface area contributed by atoms with Crippen LogP contribution in [0.5, 0.6) is 0 Å². The molecule has 1 amide bonds. The Labute approximate surface area is 197 Å². The van der Waals surface area contributed by atoms with Gasteiger partial charge in [-0.1, -0.05) is 36.8 Å². The maximum atomic E-state index is 12.6. The minimum absolute atomic E-state index is 0.0225. The van der Waals surface area contributed by atoms with E-state index >= 15 is 0 Å². The van der Waals surface area contributed by atoms with Crippen LogP contribution in [0.1, 0.15) is 31.4 Å². The second kappa shape index (κ2) is 10.7. The normalized spacial score (nSPS) is 28.7. The highest BCUT2D eigenvalue weighted by Gasteiger charge is 2.48. The zero-order valence-electron chi connectivity index (χ0n) is 18.9. The maximum absolute atomic E-state index is 12.6. The molecule has 3 rings (SSSR count). The number of amides is 1. The average Bonchev–Trinajstić information content (AvgIpc) is 3.33. The van der Waals surface area contributed by atoms with Gasteiger partial charge in [0.05, 0.1) is 23.4 Å². The summed E-state index contributed by atoms with van der Waals surface area (Å²) in [6, 6.07) is 6.72. The van der Waals surface area contributed by atoms with Crippen molar-refractivity contribution in [3.8, 4) is 0 Å². The molecule has 1 aromatic carbocycles. The minimum Gasteiger partial charge on any atom is -0.481 e. The van der Waals surface area contributed by atoms with Gasteiger partial charge in [-0.25, -0.2) is 4.79 Å². The Balaban J connectivity index is 1.60. The van der Waals surface area contributed by atoms with Crippen LogP contribution in [0, 0.1) is 18.8 Å². The average molecular weight is 478 g/mol. The Bertz CT molecular complexity index is 919. The fraction of sp³-hybridized carbons (Fsp3) is 0.565. The number of carbonyl (C=O) groups is 3. The second-order valence-electron chi connectivity index (χ2n) is 8.85. The van der Waals surface area contributed by atoms with Gasteiger partial charge in [-0.2, -0.15) is 0 Å². The Morgan fingerprint density at radius 1 is 1.24 bits per heavy atom. The van der Waals surface area contributed by atoms with E-state index in [4.69, 9.17) is 0 Å². The molecule has 2 aliphatic heterocycles. The molecule has 5 N–H and O–H groups in total. The number of hydrogen-bond acceptors (Lipinski definition) is 7. The fourth-order valence-corrected chi connectivity index (χ4v) is 6.03. The molecular formula is C23H31N3O6S. The lowest BCUT2D eigenvalue weighted by atomic mass is 9.86. The van der Waals surface area contributed by atoms with Crippen molar-refractivity contribution < 1.29 is 29.7 Å². The highest BCUT2D eigenvalue weighted by molar-refractivity contribution is 8.01. The van der Waals surface area contributed by atoms with Crippen LogP contribution in [-0.4, -0.2) is 74.1 Å². The fourth-order valence-electron chi connectivity index (χ4n) is 4.42. The van der Waals surface area contributed by atoms with E-state index in [2.05, 4.69) is 15.6 Å². The third kappa shape index (κ3) is 5.93. The molecule has 0 aromatic heterocycles. The molecule has 0 spiro atoms. The highest BCUT2D eigenvalue weighted by Crippen LogP contribution is 2.39. The van der Waals surface area contributed by atoms with Gasteiger partial charge < -0.3 is 26.0 Å². The summed E-state index contributed by atoms with van der Waals surface area (Å²) in [5, 5.41) is 34.7. The molecule has 180 valence electrons. The van der Waals surface area contributed by atoms with Crippen LogP contribution in [-0.2, 0) is 20.9 Å². The molecule has 1 unspecified atom stereocenters. The number of nitrogens with zero attached hydrogens (tertiary/aromatic N) is 1. The van der Waals surface area contributed by atoms with E-state index in [1.165, 1.54) is 18.7 Å². The molecule has 0 bridgehead atoms. The van der Waals surface area contributed by atoms with Crippen LogP contribution in [0.15, 0.2) is 29.3 Å². The number of carboxylic acids is 2. The summed E-state index contributed by atoms with van der Waals surface area (Å²) in [7, 11) is 0. The monoisotopic (exact) mass is 477 g/mol. The van der Waals surface area contributed by atoms with Gasteiger partial charge in [-0.3, -0.25) is 14.6 Å². The summed E-state index contributed by atoms with van der Waals surface area (Å²) in [5.74, 6) is -4.06. The van der Waals surface area contributed by atoms with Crippen molar-refractivity contribution in [1.82, 2.24) is 10.6 Å². The van der Waals surface area contributed by atoms with Gasteiger partial charge in [-0.05, 0) is 31.7 Å². The Morgan fingerprint density at radius 2 is 1.91 bits per heavy atom. The summed E-state index contributed by atoms with van der Waals surface area (Å²) in [5.41, 5.74) is 2.09. The molecule has 1 fully saturated rings. The van der Waals surface area contributed by atoms with Crippen LogP contribution in [0.2, 0.25) is 0 Å². The van der Waals surface area contributed by atoms with Gasteiger partial charge in [0.1, 0.15) is 11.6 Å². The standard InChI is InChI=1S/C23H31N3O6S/c1-11-4-6-14(7-5-11)9-25-21(28)16-8-15(10-24-16)33-20-12(2)18(26-19(20)23(31)32)17(13(3)27)22(29)30/h4-7,12-13,15-18,20,24,27H,8-10H2,1-3H3,(H,25,28)(H,29,30)(H,31,32)/t12-,13-,15+,16+,17-,18-,20?/m1/s1. The Kier molecular flexibility index (Phi) is 8.14. The number of nitrogens with one attached hydrogen (secondary N) is 2. The topological polar surface area (TPSA) is 148 Å². The molecule has 0 aliphatic carbocycles. The number of aryl methyl sites for hydroxylation is 1. The number of benzene rings is 1. The molecular weight excluding hydrogens is 446 g/mol. The molecule has 1 saturated heterocycles. The van der Waals surface area contributed by atoms with Crippen LogP contribution in [0.3, 0.4) is 0 Å². The SMILES string of the molecule is Cc1ccc(CNC(=O)[C@@H]2C[C@H](SC3C(C(=O)O)=N[C@@H]([C@H](C(=O)O)[C@@H](C)O)[C@H]3C)CN2)cc1. The van der Waals surface area contributed by atoms with Crippen molar-refractivity contribution in [3.63, 3.8) is 0 Å². The molecule has 0 radical (unpaired) electrons. The summed E-state index contributed by atoms with van der Waals surface area (Å²) >= 11 is 1.41.